The molecule has 1 heterocycles. The maximum absolute atomic E-state index is 13.2. The van der Waals surface area contributed by atoms with E-state index in [0.717, 1.165) is 25.0 Å². The van der Waals surface area contributed by atoms with Crippen molar-refractivity contribution in [1.29, 1.82) is 5.41 Å². The Kier molecular flexibility index (Phi) is 6.87. The zero-order chi connectivity index (χ0) is 23.5. The smallest absolute Gasteiger partial charge is 0.417 e. The number of piperidine rings is 1. The largest absolute Gasteiger partial charge is 0.493 e. The summed E-state index contributed by atoms with van der Waals surface area (Å²) in [7, 11) is -4.72. The van der Waals surface area contributed by atoms with E-state index >= 15 is 0 Å². The molecule has 0 saturated carbocycles. The number of ether oxygens (including phenoxy) is 1. The van der Waals surface area contributed by atoms with Crippen LogP contribution in [0.5, 0.6) is 11.5 Å². The summed E-state index contributed by atoms with van der Waals surface area (Å²) in [6, 6.07) is 8.30. The van der Waals surface area contributed by atoms with Crippen molar-refractivity contribution in [2.24, 2.45) is 11.7 Å². The molecule has 3 N–H and O–H groups in total. The summed E-state index contributed by atoms with van der Waals surface area (Å²) in [4.78, 5) is 0.826. The second-order valence-corrected chi connectivity index (χ2v) is 9.15. The van der Waals surface area contributed by atoms with Crippen molar-refractivity contribution in [3.05, 3.63) is 53.6 Å². The van der Waals surface area contributed by atoms with Crippen LogP contribution in [0.25, 0.3) is 0 Å². The van der Waals surface area contributed by atoms with Crippen LogP contribution in [0.1, 0.15) is 24.0 Å². The fourth-order valence-corrected chi connectivity index (χ4v) is 4.63. The number of nitrogens with zero attached hydrogens (tertiary/aromatic N) is 1. The molecule has 0 aliphatic carbocycles. The van der Waals surface area contributed by atoms with Crippen LogP contribution in [0.3, 0.4) is 0 Å². The van der Waals surface area contributed by atoms with E-state index in [9.17, 15) is 21.6 Å². The standard InChI is InChI=1S/C21H24F3N3O4S/c1-14-10-16(30-13-15-6-8-27(9-7-15)20(25)26)12-17(11-14)31-32(28,29)19-5-3-2-4-18(19)21(22,23)24/h2-5,10-12,15H,6-9,13H2,1H3,(H3,25,26). The third kappa shape index (κ3) is 5.84. The second-order valence-electron chi connectivity index (χ2n) is 7.64. The Morgan fingerprint density at radius 2 is 1.78 bits per heavy atom. The molecule has 2 aromatic rings. The topological polar surface area (TPSA) is 106 Å². The fourth-order valence-electron chi connectivity index (χ4n) is 3.49. The molecule has 1 aliphatic rings. The molecular weight excluding hydrogens is 447 g/mol. The number of guanidine groups is 1. The number of nitrogens with two attached hydrogens (primary N) is 1. The zero-order valence-corrected chi connectivity index (χ0v) is 18.2. The second kappa shape index (κ2) is 9.27. The highest BCUT2D eigenvalue weighted by molar-refractivity contribution is 7.87. The van der Waals surface area contributed by atoms with Gasteiger partial charge >= 0.3 is 16.3 Å². The van der Waals surface area contributed by atoms with Crippen molar-refractivity contribution in [2.75, 3.05) is 19.7 Å². The van der Waals surface area contributed by atoms with Crippen LogP contribution in [-0.2, 0) is 16.3 Å². The van der Waals surface area contributed by atoms with Crippen molar-refractivity contribution in [3.63, 3.8) is 0 Å². The van der Waals surface area contributed by atoms with Crippen LogP contribution in [0.2, 0.25) is 0 Å². The van der Waals surface area contributed by atoms with Crippen LogP contribution in [0.4, 0.5) is 13.2 Å². The third-order valence-electron chi connectivity index (χ3n) is 5.13. The molecule has 1 saturated heterocycles. The number of halogens is 3. The highest BCUT2D eigenvalue weighted by atomic mass is 32.2. The van der Waals surface area contributed by atoms with Gasteiger partial charge in [0, 0.05) is 19.2 Å². The van der Waals surface area contributed by atoms with E-state index < -0.39 is 26.8 Å². The van der Waals surface area contributed by atoms with E-state index in [0.29, 0.717) is 37.1 Å². The van der Waals surface area contributed by atoms with Gasteiger partial charge in [0.2, 0.25) is 0 Å². The normalized spacial score (nSPS) is 15.4. The number of rotatable bonds is 6. The Morgan fingerprint density at radius 3 is 2.41 bits per heavy atom. The van der Waals surface area contributed by atoms with Gasteiger partial charge in [-0.3, -0.25) is 5.41 Å². The lowest BCUT2D eigenvalue weighted by Gasteiger charge is -2.32. The highest BCUT2D eigenvalue weighted by Gasteiger charge is 2.37. The molecule has 0 atom stereocenters. The summed E-state index contributed by atoms with van der Waals surface area (Å²) in [5, 5.41) is 7.47. The van der Waals surface area contributed by atoms with Crippen molar-refractivity contribution in [3.8, 4) is 11.5 Å². The van der Waals surface area contributed by atoms with Crippen LogP contribution in [-0.4, -0.2) is 39.0 Å². The van der Waals surface area contributed by atoms with Gasteiger partial charge in [-0.15, -0.1) is 0 Å². The summed E-state index contributed by atoms with van der Waals surface area (Å²) < 4.78 is 75.7. The van der Waals surface area contributed by atoms with Crippen LogP contribution in [0.15, 0.2) is 47.4 Å². The number of alkyl halides is 3. The Hall–Kier alpha value is -2.95. The van der Waals surface area contributed by atoms with Gasteiger partial charge in [-0.05, 0) is 55.5 Å². The van der Waals surface area contributed by atoms with Crippen LogP contribution in [0, 0.1) is 18.3 Å². The molecule has 0 amide bonds. The van der Waals surface area contributed by atoms with Gasteiger partial charge in [-0.1, -0.05) is 12.1 Å². The molecule has 1 fully saturated rings. The minimum atomic E-state index is -4.84. The van der Waals surface area contributed by atoms with Gasteiger partial charge in [0.05, 0.1) is 12.2 Å². The van der Waals surface area contributed by atoms with Crippen molar-refractivity contribution in [2.45, 2.75) is 30.8 Å². The Bertz CT molecular complexity index is 1080. The number of aryl methyl sites for hydroxylation is 1. The Labute approximate surface area is 184 Å². The first-order valence-corrected chi connectivity index (χ1v) is 11.3. The lowest BCUT2D eigenvalue weighted by molar-refractivity contribution is -0.139. The molecular formula is C21H24F3N3O4S. The molecule has 0 unspecified atom stereocenters. The predicted molar refractivity (Wildman–Crippen MR) is 112 cm³/mol. The summed E-state index contributed by atoms with van der Waals surface area (Å²) >= 11 is 0. The fraction of sp³-hybridized carbons (Fsp3) is 0.381. The molecule has 11 heteroatoms. The summed E-state index contributed by atoms with van der Waals surface area (Å²) in [6.45, 7) is 3.38. The molecule has 3 rings (SSSR count). The minimum Gasteiger partial charge on any atom is -0.493 e. The molecule has 7 nitrogen and oxygen atoms in total. The Balaban J connectivity index is 1.72. The number of hydrogen-bond acceptors (Lipinski definition) is 5. The first-order chi connectivity index (χ1) is 15.0. The molecule has 0 aromatic heterocycles. The Morgan fingerprint density at radius 1 is 1.16 bits per heavy atom. The van der Waals surface area contributed by atoms with Gasteiger partial charge in [-0.2, -0.15) is 21.6 Å². The zero-order valence-electron chi connectivity index (χ0n) is 17.4. The van der Waals surface area contributed by atoms with E-state index in [-0.39, 0.29) is 17.6 Å². The number of benzene rings is 2. The highest BCUT2D eigenvalue weighted by Crippen LogP contribution is 2.35. The van der Waals surface area contributed by atoms with E-state index in [4.69, 9.17) is 20.1 Å². The molecule has 32 heavy (non-hydrogen) atoms. The van der Waals surface area contributed by atoms with Gasteiger partial charge in [-0.25, -0.2) is 0 Å². The SMILES string of the molecule is Cc1cc(OCC2CCN(C(=N)N)CC2)cc(OS(=O)(=O)c2ccccc2C(F)(F)F)c1. The van der Waals surface area contributed by atoms with Gasteiger partial charge in [0.25, 0.3) is 0 Å². The summed E-state index contributed by atoms with van der Waals surface area (Å²) in [5.74, 6) is 0.493. The van der Waals surface area contributed by atoms with Crippen molar-refractivity contribution in [1.82, 2.24) is 4.90 Å². The molecule has 174 valence electrons. The molecule has 2 aromatic carbocycles. The molecule has 0 bridgehead atoms. The van der Waals surface area contributed by atoms with E-state index in [1.165, 1.54) is 18.2 Å². The van der Waals surface area contributed by atoms with E-state index in [2.05, 4.69) is 0 Å². The molecule has 0 spiro atoms. The predicted octanol–water partition coefficient (Wildman–Crippen LogP) is 3.77. The maximum atomic E-state index is 13.2. The molecule has 0 radical (unpaired) electrons. The van der Waals surface area contributed by atoms with Crippen molar-refractivity contribution < 1.29 is 30.5 Å². The number of nitrogens with one attached hydrogen (secondary N) is 1. The number of likely N-dealkylation sites (tertiary alicyclic amines) is 1. The monoisotopic (exact) mass is 471 g/mol. The third-order valence-corrected chi connectivity index (χ3v) is 6.44. The van der Waals surface area contributed by atoms with Gasteiger partial charge < -0.3 is 19.6 Å². The lowest BCUT2D eigenvalue weighted by Crippen LogP contribution is -2.43. The van der Waals surface area contributed by atoms with Crippen LogP contribution >= 0.6 is 0 Å². The number of hydrogen-bond donors (Lipinski definition) is 2. The van der Waals surface area contributed by atoms with E-state index in [1.807, 2.05) is 0 Å². The van der Waals surface area contributed by atoms with Gasteiger partial charge in [0.1, 0.15) is 16.4 Å². The summed E-state index contributed by atoms with van der Waals surface area (Å²) in [6.07, 6.45) is -3.26. The van der Waals surface area contributed by atoms with Gasteiger partial charge in [0.15, 0.2) is 5.96 Å². The first-order valence-electron chi connectivity index (χ1n) is 9.90. The molecule has 1 aliphatic heterocycles. The van der Waals surface area contributed by atoms with E-state index in [1.54, 1.807) is 17.9 Å². The average Bonchev–Trinajstić information content (AvgIpc) is 2.71. The minimum absolute atomic E-state index is 0.0400. The maximum Gasteiger partial charge on any atom is 0.417 e. The average molecular weight is 472 g/mol. The van der Waals surface area contributed by atoms with Crippen LogP contribution < -0.4 is 14.7 Å². The van der Waals surface area contributed by atoms with Crippen molar-refractivity contribution >= 4 is 16.1 Å². The first kappa shape index (κ1) is 23.7. The lowest BCUT2D eigenvalue weighted by atomic mass is 9.98. The quantitative estimate of drug-likeness (QED) is 0.378. The summed E-state index contributed by atoms with van der Waals surface area (Å²) in [5.41, 5.74) is 4.83.